The van der Waals surface area contributed by atoms with Gasteiger partial charge in [-0.3, -0.25) is 9.59 Å². The summed E-state index contributed by atoms with van der Waals surface area (Å²) in [4.78, 5) is 34.6. The van der Waals surface area contributed by atoms with Crippen LogP contribution in [-0.2, 0) is 4.79 Å². The Hall–Kier alpha value is -2.37. The SMILES string of the molecule is CCC(=O)c1cccc(NC(=O)NC2CCC(C(=O)O)CC2)c1. The fourth-order valence-corrected chi connectivity index (χ4v) is 2.81. The highest BCUT2D eigenvalue weighted by Gasteiger charge is 2.26. The predicted molar refractivity (Wildman–Crippen MR) is 86.6 cm³/mol. The molecule has 23 heavy (non-hydrogen) atoms. The zero-order valence-corrected chi connectivity index (χ0v) is 13.2. The highest BCUT2D eigenvalue weighted by Crippen LogP contribution is 2.24. The minimum absolute atomic E-state index is 0.00828. The first-order valence-corrected chi connectivity index (χ1v) is 7.93. The van der Waals surface area contributed by atoms with E-state index in [4.69, 9.17) is 5.11 Å². The van der Waals surface area contributed by atoms with Gasteiger partial charge in [0.15, 0.2) is 5.78 Å². The van der Waals surface area contributed by atoms with Crippen molar-refractivity contribution in [2.45, 2.75) is 45.1 Å². The van der Waals surface area contributed by atoms with Gasteiger partial charge in [0.1, 0.15) is 0 Å². The molecule has 1 aromatic carbocycles. The lowest BCUT2D eigenvalue weighted by Gasteiger charge is -2.26. The number of nitrogens with one attached hydrogen (secondary N) is 2. The number of hydrogen-bond acceptors (Lipinski definition) is 3. The van der Waals surface area contributed by atoms with Gasteiger partial charge in [-0.25, -0.2) is 4.79 Å². The molecule has 124 valence electrons. The summed E-state index contributed by atoms with van der Waals surface area (Å²) >= 11 is 0. The van der Waals surface area contributed by atoms with Gasteiger partial charge in [-0.1, -0.05) is 19.1 Å². The number of carboxylic acids is 1. The fourth-order valence-electron chi connectivity index (χ4n) is 2.81. The van der Waals surface area contributed by atoms with Gasteiger partial charge in [0.2, 0.25) is 0 Å². The lowest BCUT2D eigenvalue weighted by molar-refractivity contribution is -0.142. The number of carboxylic acid groups (broad SMARTS) is 1. The fraction of sp³-hybridized carbons (Fsp3) is 0.471. The zero-order chi connectivity index (χ0) is 16.8. The molecule has 3 N–H and O–H groups in total. The van der Waals surface area contributed by atoms with Gasteiger partial charge in [-0.2, -0.15) is 0 Å². The van der Waals surface area contributed by atoms with Crippen molar-refractivity contribution < 1.29 is 19.5 Å². The molecule has 0 saturated heterocycles. The second kappa shape index (κ2) is 7.76. The molecule has 1 aliphatic carbocycles. The molecular formula is C17H22N2O4. The van der Waals surface area contributed by atoms with Crippen LogP contribution in [0.15, 0.2) is 24.3 Å². The Labute approximate surface area is 135 Å². The molecule has 0 unspecified atom stereocenters. The van der Waals surface area contributed by atoms with Gasteiger partial charge in [0.05, 0.1) is 5.92 Å². The van der Waals surface area contributed by atoms with Crippen molar-refractivity contribution in [3.05, 3.63) is 29.8 Å². The van der Waals surface area contributed by atoms with Crippen LogP contribution in [0.3, 0.4) is 0 Å². The lowest BCUT2D eigenvalue weighted by Crippen LogP contribution is -2.41. The third-order valence-corrected chi connectivity index (χ3v) is 4.18. The zero-order valence-electron chi connectivity index (χ0n) is 13.2. The van der Waals surface area contributed by atoms with Crippen molar-refractivity contribution in [3.63, 3.8) is 0 Å². The lowest BCUT2D eigenvalue weighted by atomic mass is 9.86. The van der Waals surface area contributed by atoms with Gasteiger partial charge < -0.3 is 15.7 Å². The van der Waals surface area contributed by atoms with E-state index in [2.05, 4.69) is 10.6 Å². The minimum atomic E-state index is -0.759. The standard InChI is InChI=1S/C17H22N2O4/c1-2-15(20)12-4-3-5-14(10-12)19-17(23)18-13-8-6-11(7-9-13)16(21)22/h3-5,10-11,13H,2,6-9H2,1H3,(H,21,22)(H2,18,19,23). The molecule has 0 atom stereocenters. The van der Waals surface area contributed by atoms with Crippen molar-refractivity contribution >= 4 is 23.5 Å². The molecule has 0 spiro atoms. The van der Waals surface area contributed by atoms with Crippen LogP contribution in [0.2, 0.25) is 0 Å². The van der Waals surface area contributed by atoms with E-state index >= 15 is 0 Å². The smallest absolute Gasteiger partial charge is 0.319 e. The number of ketones is 1. The summed E-state index contributed by atoms with van der Waals surface area (Å²) in [6.07, 6.45) is 2.92. The van der Waals surface area contributed by atoms with Crippen LogP contribution < -0.4 is 10.6 Å². The van der Waals surface area contributed by atoms with E-state index in [1.54, 1.807) is 31.2 Å². The molecule has 0 heterocycles. The summed E-state index contributed by atoms with van der Waals surface area (Å²) in [6, 6.07) is 6.51. The number of Topliss-reactive ketones (excluding diaryl/α,β-unsaturated/α-hetero) is 1. The minimum Gasteiger partial charge on any atom is -0.481 e. The summed E-state index contributed by atoms with van der Waals surface area (Å²) in [5.41, 5.74) is 1.15. The number of anilines is 1. The van der Waals surface area contributed by atoms with Gasteiger partial charge in [0.25, 0.3) is 0 Å². The third-order valence-electron chi connectivity index (χ3n) is 4.18. The largest absolute Gasteiger partial charge is 0.481 e. The molecule has 1 fully saturated rings. The first-order valence-electron chi connectivity index (χ1n) is 7.93. The predicted octanol–water partition coefficient (Wildman–Crippen LogP) is 3.04. The molecule has 0 bridgehead atoms. The second-order valence-electron chi connectivity index (χ2n) is 5.84. The Morgan fingerprint density at radius 3 is 2.48 bits per heavy atom. The second-order valence-corrected chi connectivity index (χ2v) is 5.84. The number of benzene rings is 1. The molecule has 6 heteroatoms. The van der Waals surface area contributed by atoms with E-state index in [1.807, 2.05) is 0 Å². The van der Waals surface area contributed by atoms with Crippen LogP contribution in [-0.4, -0.2) is 28.9 Å². The van der Waals surface area contributed by atoms with E-state index in [9.17, 15) is 14.4 Å². The van der Waals surface area contributed by atoms with Crippen LogP contribution in [0.1, 0.15) is 49.4 Å². The summed E-state index contributed by atoms with van der Waals surface area (Å²) in [5.74, 6) is -1.03. The van der Waals surface area contributed by atoms with Crippen molar-refractivity contribution in [3.8, 4) is 0 Å². The van der Waals surface area contributed by atoms with E-state index in [0.29, 0.717) is 43.4 Å². The number of aliphatic carboxylic acids is 1. The highest BCUT2D eigenvalue weighted by atomic mass is 16.4. The summed E-state index contributed by atoms with van der Waals surface area (Å²) in [7, 11) is 0. The number of rotatable bonds is 5. The van der Waals surface area contributed by atoms with Gasteiger partial charge in [-0.05, 0) is 37.8 Å². The van der Waals surface area contributed by atoms with Crippen molar-refractivity contribution in [2.24, 2.45) is 5.92 Å². The Bertz CT molecular complexity index is 592. The molecule has 6 nitrogen and oxygen atoms in total. The Morgan fingerprint density at radius 1 is 1.17 bits per heavy atom. The normalized spacial score (nSPS) is 20.6. The number of carbonyl (C=O) groups is 3. The quantitative estimate of drug-likeness (QED) is 0.727. The topological polar surface area (TPSA) is 95.5 Å². The van der Waals surface area contributed by atoms with E-state index in [0.717, 1.165) is 0 Å². The summed E-state index contributed by atoms with van der Waals surface area (Å²) in [6.45, 7) is 1.79. The number of hydrogen-bond donors (Lipinski definition) is 3. The van der Waals surface area contributed by atoms with Crippen LogP contribution in [0, 0.1) is 5.92 Å². The Morgan fingerprint density at radius 2 is 1.87 bits per heavy atom. The maximum absolute atomic E-state index is 12.0. The monoisotopic (exact) mass is 318 g/mol. The first-order chi connectivity index (χ1) is 11.0. The highest BCUT2D eigenvalue weighted by molar-refractivity contribution is 5.98. The summed E-state index contributed by atoms with van der Waals surface area (Å²) < 4.78 is 0. The molecule has 1 saturated carbocycles. The molecule has 0 radical (unpaired) electrons. The van der Waals surface area contributed by atoms with Crippen molar-refractivity contribution in [1.29, 1.82) is 0 Å². The Balaban J connectivity index is 1.86. The average molecular weight is 318 g/mol. The third kappa shape index (κ3) is 4.81. The maximum Gasteiger partial charge on any atom is 0.319 e. The summed E-state index contributed by atoms with van der Waals surface area (Å²) in [5, 5.41) is 14.6. The first kappa shape index (κ1) is 17.0. The van der Waals surface area contributed by atoms with Crippen molar-refractivity contribution in [1.82, 2.24) is 5.32 Å². The van der Waals surface area contributed by atoms with Gasteiger partial charge >= 0.3 is 12.0 Å². The average Bonchev–Trinajstić information content (AvgIpc) is 2.54. The molecule has 0 aromatic heterocycles. The van der Waals surface area contributed by atoms with Gasteiger partial charge in [-0.15, -0.1) is 0 Å². The van der Waals surface area contributed by atoms with Crippen LogP contribution >= 0.6 is 0 Å². The number of urea groups is 1. The maximum atomic E-state index is 12.0. The molecule has 1 aliphatic rings. The Kier molecular flexibility index (Phi) is 5.73. The van der Waals surface area contributed by atoms with E-state index in [-0.39, 0.29) is 23.8 Å². The van der Waals surface area contributed by atoms with Crippen LogP contribution in [0.4, 0.5) is 10.5 Å². The van der Waals surface area contributed by atoms with Gasteiger partial charge in [0, 0.05) is 23.7 Å². The number of amides is 2. The van der Waals surface area contributed by atoms with Crippen molar-refractivity contribution in [2.75, 3.05) is 5.32 Å². The molecule has 2 amide bonds. The molecular weight excluding hydrogens is 296 g/mol. The molecule has 1 aromatic rings. The number of carbonyl (C=O) groups excluding carboxylic acids is 2. The van der Waals surface area contributed by atoms with E-state index in [1.165, 1.54) is 0 Å². The molecule has 2 rings (SSSR count). The molecule has 0 aliphatic heterocycles. The van der Waals surface area contributed by atoms with E-state index < -0.39 is 5.97 Å². The van der Waals surface area contributed by atoms with Crippen LogP contribution in [0.25, 0.3) is 0 Å². The van der Waals surface area contributed by atoms with Crippen LogP contribution in [0.5, 0.6) is 0 Å².